The minimum Gasteiger partial charge on any atom is -0.465 e. The number of aromatic nitrogens is 1. The zero-order chi connectivity index (χ0) is 41.7. The van der Waals surface area contributed by atoms with Crippen LogP contribution in [0.15, 0.2) is 89.6 Å². The molecule has 14 nitrogen and oxygen atoms in total. The predicted octanol–water partition coefficient (Wildman–Crippen LogP) is 6.90. The molecular weight excluding hydrogens is 761 g/mol. The van der Waals surface area contributed by atoms with Crippen LogP contribution in [-0.4, -0.2) is 85.7 Å². The number of carbonyl (C=O) groups excluding carboxylic acids is 4. The zero-order valence-electron chi connectivity index (χ0n) is 33.1. The molecule has 3 amide bonds. The first kappa shape index (κ1) is 43.0. The molecule has 1 aliphatic carbocycles. The number of carbonyl (C=O) groups is 4. The topological polar surface area (TPSA) is 188 Å². The average Bonchev–Trinajstić information content (AvgIpc) is 3.23. The van der Waals surface area contributed by atoms with Crippen LogP contribution in [0.3, 0.4) is 0 Å². The van der Waals surface area contributed by atoms with Crippen molar-refractivity contribution in [3.8, 4) is 0 Å². The maximum absolute atomic E-state index is 14.4. The molecule has 1 aromatic heterocycles. The Hall–Kier alpha value is -6.09. The molecule has 0 radical (unpaired) electrons. The number of nitrogens with one attached hydrogen (secondary N) is 3. The van der Waals surface area contributed by atoms with Crippen LogP contribution in [0, 0.1) is 5.41 Å². The molecule has 3 N–H and O–H groups in total. The van der Waals surface area contributed by atoms with Gasteiger partial charge in [0.15, 0.2) is 0 Å². The number of unbranched alkanes of at least 4 members (excludes halogenated alkanes) is 5. The molecule has 0 fully saturated rings. The van der Waals surface area contributed by atoms with Gasteiger partial charge in [-0.1, -0.05) is 69.4 Å². The Bertz CT molecular complexity index is 2270. The van der Waals surface area contributed by atoms with Crippen LogP contribution >= 0.6 is 0 Å². The minimum atomic E-state index is -4.38. The monoisotopic (exact) mass is 810 g/mol. The Kier molecular flexibility index (Phi) is 15.1. The van der Waals surface area contributed by atoms with Crippen LogP contribution < -0.4 is 10.6 Å². The Morgan fingerprint density at radius 3 is 2.34 bits per heavy atom. The molecule has 4 aromatic rings. The average molecular weight is 811 g/mol. The number of hydrogen-bond acceptors (Lipinski definition) is 10. The third-order valence-electron chi connectivity index (χ3n) is 9.68. The van der Waals surface area contributed by atoms with Crippen LogP contribution in [0.1, 0.15) is 85.8 Å². The predicted molar refractivity (Wildman–Crippen MR) is 222 cm³/mol. The van der Waals surface area contributed by atoms with Crippen LogP contribution in [0.4, 0.5) is 10.5 Å². The molecule has 0 bridgehead atoms. The molecule has 1 aliphatic rings. The number of fused-ring (bicyclic) bond motifs is 2. The van der Waals surface area contributed by atoms with E-state index in [2.05, 4.69) is 22.5 Å². The number of benzene rings is 3. The van der Waals surface area contributed by atoms with Gasteiger partial charge in [-0.25, -0.2) is 13.2 Å². The van der Waals surface area contributed by atoms with E-state index < -0.39 is 47.0 Å². The first-order chi connectivity index (χ1) is 27.9. The smallest absolute Gasteiger partial charge is 0.411 e. The standard InChI is InChI=1S/C43H50N6O8S/c1-4-6-7-8-9-10-26-57-43(53)47-33-21-19-31(20-22-33)41(44)48(3)42(52)36-17-11-15-32-27-34(23-24-35(32)36)49(29-38(50)46-28-39(51)56-5-2)58(54,55)37-18-12-14-30-16-13-25-45-40(30)37/h11-22,25,27,44H,4-10,23-24,26,28-29H2,1-3H3,(H,46,50)(H,47,53). The van der Waals surface area contributed by atoms with Gasteiger partial charge in [-0.3, -0.25) is 39.3 Å². The summed E-state index contributed by atoms with van der Waals surface area (Å²) in [5.41, 5.74) is 3.05. The number of hydrogen-bond donors (Lipinski definition) is 3. The number of ether oxygens (including phenoxy) is 2. The molecular formula is C43H50N6O8S. The van der Waals surface area contributed by atoms with Crippen LogP contribution in [0.25, 0.3) is 17.0 Å². The van der Waals surface area contributed by atoms with E-state index in [9.17, 15) is 27.6 Å². The number of allylic oxidation sites excluding steroid dienone is 1. The van der Waals surface area contributed by atoms with E-state index in [4.69, 9.17) is 14.9 Å². The van der Waals surface area contributed by atoms with Crippen molar-refractivity contribution in [3.63, 3.8) is 0 Å². The molecule has 306 valence electrons. The maximum Gasteiger partial charge on any atom is 0.411 e. The second kappa shape index (κ2) is 20.4. The second-order valence-corrected chi connectivity index (χ2v) is 15.6. The lowest BCUT2D eigenvalue weighted by Crippen LogP contribution is -2.42. The highest BCUT2D eigenvalue weighted by molar-refractivity contribution is 7.89. The van der Waals surface area contributed by atoms with E-state index in [0.29, 0.717) is 45.6 Å². The van der Waals surface area contributed by atoms with Crippen molar-refractivity contribution in [3.05, 3.63) is 107 Å². The number of amides is 3. The lowest BCUT2D eigenvalue weighted by molar-refractivity contribution is -0.143. The van der Waals surface area contributed by atoms with Gasteiger partial charge >= 0.3 is 12.1 Å². The van der Waals surface area contributed by atoms with Crippen molar-refractivity contribution >= 4 is 62.4 Å². The van der Waals surface area contributed by atoms with Crippen molar-refractivity contribution in [1.29, 1.82) is 5.41 Å². The number of rotatable bonds is 18. The van der Waals surface area contributed by atoms with Gasteiger partial charge in [0.1, 0.15) is 23.8 Å². The van der Waals surface area contributed by atoms with Crippen molar-refractivity contribution in [2.75, 3.05) is 38.7 Å². The number of amidine groups is 1. The highest BCUT2D eigenvalue weighted by atomic mass is 32.2. The van der Waals surface area contributed by atoms with Crippen molar-refractivity contribution in [2.45, 2.75) is 70.1 Å². The Morgan fingerprint density at radius 1 is 0.862 bits per heavy atom. The molecule has 58 heavy (non-hydrogen) atoms. The van der Waals surface area contributed by atoms with Crippen LogP contribution in [0.2, 0.25) is 0 Å². The summed E-state index contributed by atoms with van der Waals surface area (Å²) >= 11 is 0. The number of para-hydroxylation sites is 1. The van der Waals surface area contributed by atoms with Gasteiger partial charge in [0.05, 0.1) is 18.7 Å². The summed E-state index contributed by atoms with van der Waals surface area (Å²) in [7, 11) is -2.88. The lowest BCUT2D eigenvalue weighted by atomic mass is 9.90. The minimum absolute atomic E-state index is 0.0679. The van der Waals surface area contributed by atoms with Gasteiger partial charge in [-0.2, -0.15) is 0 Å². The molecule has 0 saturated carbocycles. The molecule has 15 heteroatoms. The number of nitrogens with zero attached hydrogens (tertiary/aromatic N) is 3. The molecule has 3 aromatic carbocycles. The van der Waals surface area contributed by atoms with E-state index in [0.717, 1.165) is 23.6 Å². The largest absolute Gasteiger partial charge is 0.465 e. The Morgan fingerprint density at radius 2 is 1.59 bits per heavy atom. The number of anilines is 1. The molecule has 0 saturated heterocycles. The van der Waals surface area contributed by atoms with Gasteiger partial charge in [0.2, 0.25) is 5.91 Å². The summed E-state index contributed by atoms with van der Waals surface area (Å²) in [5.74, 6) is -1.88. The van der Waals surface area contributed by atoms with E-state index in [1.54, 1.807) is 79.7 Å². The fourth-order valence-electron chi connectivity index (χ4n) is 6.62. The zero-order valence-corrected chi connectivity index (χ0v) is 33.9. The van der Waals surface area contributed by atoms with Crippen molar-refractivity contribution < 1.29 is 37.1 Å². The van der Waals surface area contributed by atoms with Gasteiger partial charge in [-0.15, -0.1) is 0 Å². The van der Waals surface area contributed by atoms with Crippen molar-refractivity contribution in [1.82, 2.24) is 19.5 Å². The van der Waals surface area contributed by atoms with Crippen LogP contribution in [0.5, 0.6) is 0 Å². The highest BCUT2D eigenvalue weighted by Crippen LogP contribution is 2.34. The summed E-state index contributed by atoms with van der Waals surface area (Å²) in [6.45, 7) is 3.21. The van der Waals surface area contributed by atoms with E-state index in [-0.39, 0.29) is 35.7 Å². The lowest BCUT2D eigenvalue weighted by Gasteiger charge is -2.30. The molecule has 0 spiro atoms. The molecule has 5 rings (SSSR count). The van der Waals surface area contributed by atoms with Gasteiger partial charge < -0.3 is 14.8 Å². The third-order valence-corrected chi connectivity index (χ3v) is 11.5. The maximum atomic E-state index is 14.4. The summed E-state index contributed by atoms with van der Waals surface area (Å²) in [6, 6.07) is 19.8. The van der Waals surface area contributed by atoms with Gasteiger partial charge in [0.25, 0.3) is 15.9 Å². The highest BCUT2D eigenvalue weighted by Gasteiger charge is 2.33. The second-order valence-electron chi connectivity index (χ2n) is 13.8. The van der Waals surface area contributed by atoms with Gasteiger partial charge in [-0.05, 0) is 85.9 Å². The molecule has 0 atom stereocenters. The van der Waals surface area contributed by atoms with Gasteiger partial charge in [0, 0.05) is 41.1 Å². The molecule has 0 aliphatic heterocycles. The van der Waals surface area contributed by atoms with E-state index in [1.807, 2.05) is 0 Å². The van der Waals surface area contributed by atoms with E-state index >= 15 is 0 Å². The normalized spacial score (nSPS) is 12.2. The Balaban J connectivity index is 1.32. The first-order valence-electron chi connectivity index (χ1n) is 19.5. The molecule has 0 unspecified atom stereocenters. The van der Waals surface area contributed by atoms with Crippen molar-refractivity contribution in [2.24, 2.45) is 0 Å². The molecule has 1 heterocycles. The fraction of sp³-hybridized carbons (Fsp3) is 0.349. The number of esters is 1. The summed E-state index contributed by atoms with van der Waals surface area (Å²) in [6.07, 6.45) is 9.47. The number of sulfonamides is 1. The summed E-state index contributed by atoms with van der Waals surface area (Å²) in [4.78, 5) is 56.8. The summed E-state index contributed by atoms with van der Waals surface area (Å²) in [5, 5.41) is 14.6. The van der Waals surface area contributed by atoms with Crippen LogP contribution in [-0.2, 0) is 35.5 Å². The van der Waals surface area contributed by atoms with E-state index in [1.165, 1.54) is 43.5 Å². The fourth-order valence-corrected chi connectivity index (χ4v) is 8.27. The SMILES string of the molecule is CCCCCCCCOC(=O)Nc1ccc(C(=N)N(C)C(=O)c2cccc3c2CCC(N(CC(=O)NCC(=O)OCC)S(=O)(=O)c2cccc4cccnc24)=C3)cc1. The summed E-state index contributed by atoms with van der Waals surface area (Å²) < 4.78 is 40.1. The third kappa shape index (κ3) is 10.8. The number of pyridine rings is 1. The first-order valence-corrected chi connectivity index (χ1v) is 20.9. The quantitative estimate of drug-likeness (QED) is 0.0416. The Labute approximate surface area is 339 Å².